The number of nitrogens with one attached hydrogen (secondary N) is 2. The summed E-state index contributed by atoms with van der Waals surface area (Å²) in [4.78, 5) is 4.25. The van der Waals surface area contributed by atoms with Crippen LogP contribution in [0, 0.1) is 5.82 Å². The lowest BCUT2D eigenvalue weighted by Crippen LogP contribution is -2.45. The Morgan fingerprint density at radius 3 is 2.96 bits per heavy atom. The zero-order chi connectivity index (χ0) is 17.8. The van der Waals surface area contributed by atoms with E-state index in [2.05, 4.69) is 15.6 Å². The molecule has 0 bridgehead atoms. The molecule has 0 radical (unpaired) electrons. The minimum absolute atomic E-state index is 0. The van der Waals surface area contributed by atoms with Crippen LogP contribution in [0.5, 0.6) is 0 Å². The number of hydrogen-bond acceptors (Lipinski definition) is 3. The summed E-state index contributed by atoms with van der Waals surface area (Å²) in [5.74, 6) is 0.526. The van der Waals surface area contributed by atoms with Gasteiger partial charge in [0.05, 0.1) is 19.3 Å². The first-order valence-electron chi connectivity index (χ1n) is 8.71. The smallest absolute Gasteiger partial charge is 0.191 e. The van der Waals surface area contributed by atoms with E-state index in [9.17, 15) is 4.39 Å². The van der Waals surface area contributed by atoms with Gasteiger partial charge >= 0.3 is 0 Å². The van der Waals surface area contributed by atoms with Gasteiger partial charge in [0, 0.05) is 42.2 Å². The molecular formula is C18H26ClFIN3O2. The maximum absolute atomic E-state index is 14.0. The Morgan fingerprint density at radius 1 is 1.50 bits per heavy atom. The van der Waals surface area contributed by atoms with Crippen molar-refractivity contribution < 1.29 is 13.9 Å². The molecule has 8 heteroatoms. The number of guanidine groups is 1. The van der Waals surface area contributed by atoms with Gasteiger partial charge in [-0.2, -0.15) is 0 Å². The first-order valence-corrected chi connectivity index (χ1v) is 9.09. The lowest BCUT2D eigenvalue weighted by atomic mass is 10.1. The lowest BCUT2D eigenvalue weighted by molar-refractivity contribution is 0.0347. The fourth-order valence-electron chi connectivity index (χ4n) is 3.08. The van der Waals surface area contributed by atoms with Crippen molar-refractivity contribution in [2.75, 3.05) is 26.9 Å². The number of ether oxygens (including phenoxy) is 2. The summed E-state index contributed by atoms with van der Waals surface area (Å²) in [6, 6.07) is 5.06. The van der Waals surface area contributed by atoms with Crippen LogP contribution in [0.4, 0.5) is 4.39 Å². The van der Waals surface area contributed by atoms with Crippen LogP contribution in [0.25, 0.3) is 0 Å². The van der Waals surface area contributed by atoms with E-state index in [-0.39, 0.29) is 53.9 Å². The van der Waals surface area contributed by atoms with Crippen LogP contribution in [-0.2, 0) is 9.47 Å². The highest BCUT2D eigenvalue weighted by molar-refractivity contribution is 14.0. The van der Waals surface area contributed by atoms with Gasteiger partial charge in [0.25, 0.3) is 0 Å². The predicted octanol–water partition coefficient (Wildman–Crippen LogP) is 3.31. The van der Waals surface area contributed by atoms with Gasteiger partial charge in [-0.05, 0) is 31.9 Å². The molecule has 1 aliphatic heterocycles. The molecule has 4 unspecified atom stereocenters. The summed E-state index contributed by atoms with van der Waals surface area (Å²) in [6.07, 6.45) is 1.98. The van der Waals surface area contributed by atoms with E-state index >= 15 is 0 Å². The van der Waals surface area contributed by atoms with E-state index in [1.54, 1.807) is 19.2 Å². The number of nitrogens with zero attached hydrogens (tertiary/aromatic N) is 1. The summed E-state index contributed by atoms with van der Waals surface area (Å²) in [6.45, 7) is 4.08. The van der Waals surface area contributed by atoms with Gasteiger partial charge in [-0.15, -0.1) is 24.0 Å². The molecule has 2 aliphatic rings. The van der Waals surface area contributed by atoms with Gasteiger partial charge in [0.2, 0.25) is 0 Å². The number of benzene rings is 1. The molecular weight excluding hydrogens is 472 g/mol. The van der Waals surface area contributed by atoms with Gasteiger partial charge in [0.15, 0.2) is 5.96 Å². The maximum Gasteiger partial charge on any atom is 0.191 e. The molecule has 2 fully saturated rings. The van der Waals surface area contributed by atoms with Crippen LogP contribution in [0.15, 0.2) is 23.2 Å². The third-order valence-electron chi connectivity index (χ3n) is 4.56. The van der Waals surface area contributed by atoms with Gasteiger partial charge in [0.1, 0.15) is 5.82 Å². The van der Waals surface area contributed by atoms with E-state index in [0.29, 0.717) is 29.8 Å². The topological polar surface area (TPSA) is 54.9 Å². The third kappa shape index (κ3) is 5.68. The molecule has 26 heavy (non-hydrogen) atoms. The quantitative estimate of drug-likeness (QED) is 0.360. The van der Waals surface area contributed by atoms with E-state index < -0.39 is 0 Å². The highest BCUT2D eigenvalue weighted by atomic mass is 127. The Balaban J connectivity index is 0.00000243. The number of hydrogen-bond donors (Lipinski definition) is 2. The van der Waals surface area contributed by atoms with Gasteiger partial charge < -0.3 is 20.1 Å². The molecule has 0 aromatic heterocycles. The van der Waals surface area contributed by atoms with Crippen molar-refractivity contribution in [3.05, 3.63) is 34.6 Å². The fourth-order valence-corrected chi connectivity index (χ4v) is 3.39. The Morgan fingerprint density at radius 2 is 2.31 bits per heavy atom. The number of aliphatic imine (C=N–C) groups is 1. The summed E-state index contributed by atoms with van der Waals surface area (Å²) in [5.41, 5.74) is 0.592. The van der Waals surface area contributed by atoms with Crippen molar-refractivity contribution in [3.63, 3.8) is 0 Å². The molecule has 1 aromatic carbocycles. The second kappa shape index (κ2) is 10.1. The van der Waals surface area contributed by atoms with Crippen LogP contribution in [-0.4, -0.2) is 51.0 Å². The Hall–Kier alpha value is -0.640. The molecule has 146 valence electrons. The standard InChI is InChI=1S/C18H25ClFN3O2.HI/c1-11(9-25-12-6-7-24-10-12)22-18(21-2)23-16-8-13(16)17-14(19)4-3-5-15(17)20;/h3-5,11-13,16H,6-10H2,1-2H3,(H2,21,22,23);1H. The van der Waals surface area contributed by atoms with Crippen LogP contribution in [0.3, 0.4) is 0 Å². The van der Waals surface area contributed by atoms with Crippen molar-refractivity contribution in [1.29, 1.82) is 0 Å². The highest BCUT2D eigenvalue weighted by Gasteiger charge is 2.42. The second-order valence-corrected chi connectivity index (χ2v) is 7.07. The lowest BCUT2D eigenvalue weighted by Gasteiger charge is -2.20. The minimum atomic E-state index is -0.245. The molecule has 0 amide bonds. The summed E-state index contributed by atoms with van der Waals surface area (Å²) in [7, 11) is 1.72. The minimum Gasteiger partial charge on any atom is -0.379 e. The van der Waals surface area contributed by atoms with Crippen molar-refractivity contribution in [3.8, 4) is 0 Å². The van der Waals surface area contributed by atoms with E-state index in [0.717, 1.165) is 19.4 Å². The molecule has 1 saturated carbocycles. The molecule has 1 heterocycles. The Labute approximate surface area is 176 Å². The van der Waals surface area contributed by atoms with E-state index in [1.165, 1.54) is 6.07 Å². The maximum atomic E-state index is 14.0. The van der Waals surface area contributed by atoms with Crippen molar-refractivity contribution in [1.82, 2.24) is 10.6 Å². The second-order valence-electron chi connectivity index (χ2n) is 6.66. The Bertz CT molecular complexity index is 608. The molecule has 1 saturated heterocycles. The summed E-state index contributed by atoms with van der Waals surface area (Å²) in [5, 5.41) is 7.13. The molecule has 5 nitrogen and oxygen atoms in total. The molecule has 1 aromatic rings. The summed E-state index contributed by atoms with van der Waals surface area (Å²) < 4.78 is 25.1. The molecule has 0 spiro atoms. The summed E-state index contributed by atoms with van der Waals surface area (Å²) >= 11 is 6.15. The first-order chi connectivity index (χ1) is 12.1. The Kier molecular flexibility index (Phi) is 8.38. The van der Waals surface area contributed by atoms with Crippen molar-refractivity contribution in [2.45, 2.75) is 43.9 Å². The number of rotatable bonds is 6. The fraction of sp³-hybridized carbons (Fsp3) is 0.611. The van der Waals surface area contributed by atoms with E-state index in [1.807, 2.05) is 6.92 Å². The van der Waals surface area contributed by atoms with Crippen LogP contribution < -0.4 is 10.6 Å². The van der Waals surface area contributed by atoms with Gasteiger partial charge in [-0.1, -0.05) is 17.7 Å². The number of halogens is 3. The average molecular weight is 498 g/mol. The zero-order valence-electron chi connectivity index (χ0n) is 15.0. The normalized spacial score (nSPS) is 26.2. The van der Waals surface area contributed by atoms with Crippen LogP contribution >= 0.6 is 35.6 Å². The van der Waals surface area contributed by atoms with Crippen LogP contribution in [0.1, 0.15) is 31.2 Å². The monoisotopic (exact) mass is 497 g/mol. The van der Waals surface area contributed by atoms with Gasteiger partial charge in [-0.25, -0.2) is 4.39 Å². The van der Waals surface area contributed by atoms with Crippen molar-refractivity contribution >= 4 is 41.5 Å². The molecule has 4 atom stereocenters. The van der Waals surface area contributed by atoms with Gasteiger partial charge in [-0.3, -0.25) is 4.99 Å². The molecule has 3 rings (SSSR count). The predicted molar refractivity (Wildman–Crippen MR) is 112 cm³/mol. The van der Waals surface area contributed by atoms with Crippen LogP contribution in [0.2, 0.25) is 5.02 Å². The molecule has 2 N–H and O–H groups in total. The zero-order valence-corrected chi connectivity index (χ0v) is 18.1. The van der Waals surface area contributed by atoms with E-state index in [4.69, 9.17) is 21.1 Å². The largest absolute Gasteiger partial charge is 0.379 e. The SMILES string of the molecule is CN=C(NC(C)COC1CCOC1)NC1CC1c1c(F)cccc1Cl.I. The highest BCUT2D eigenvalue weighted by Crippen LogP contribution is 2.44. The average Bonchev–Trinajstić information content (AvgIpc) is 3.12. The van der Waals surface area contributed by atoms with Crippen molar-refractivity contribution in [2.24, 2.45) is 4.99 Å². The first kappa shape index (κ1) is 21.7. The third-order valence-corrected chi connectivity index (χ3v) is 4.89. The molecule has 1 aliphatic carbocycles.